The molecule has 1 N–H and O–H groups in total. The molecule has 0 saturated heterocycles. The van der Waals surface area contributed by atoms with E-state index in [0.29, 0.717) is 6.61 Å². The number of nitro groups is 1. The van der Waals surface area contributed by atoms with Gasteiger partial charge in [0.05, 0.1) is 11.0 Å². The number of rotatable bonds is 3. The zero-order valence-electron chi connectivity index (χ0n) is 10.2. The highest BCUT2D eigenvalue weighted by molar-refractivity contribution is 5.57. The van der Waals surface area contributed by atoms with Gasteiger partial charge in [0, 0.05) is 12.6 Å². The van der Waals surface area contributed by atoms with Crippen molar-refractivity contribution in [2.75, 3.05) is 11.9 Å². The molecule has 2 heterocycles. The van der Waals surface area contributed by atoms with Crippen LogP contribution in [0.1, 0.15) is 11.6 Å². The second-order valence-corrected chi connectivity index (χ2v) is 4.34. The molecule has 7 heteroatoms. The first-order chi connectivity index (χ1) is 9.15. The number of aryl methyl sites for hydroxylation is 1. The Morgan fingerprint density at radius 2 is 2.32 bits per heavy atom. The van der Waals surface area contributed by atoms with Crippen LogP contribution in [0.2, 0.25) is 0 Å². The van der Waals surface area contributed by atoms with Crippen LogP contribution < -0.4 is 10.1 Å². The Morgan fingerprint density at radius 3 is 3.11 bits per heavy atom. The van der Waals surface area contributed by atoms with Gasteiger partial charge in [-0.05, 0) is 6.07 Å². The van der Waals surface area contributed by atoms with E-state index in [1.165, 1.54) is 10.9 Å². The van der Waals surface area contributed by atoms with Gasteiger partial charge in [0.25, 0.3) is 0 Å². The maximum atomic E-state index is 10.9. The van der Waals surface area contributed by atoms with Crippen molar-refractivity contribution < 1.29 is 9.66 Å². The molecular formula is C12H12N4O3. The topological polar surface area (TPSA) is 82.2 Å². The molecule has 1 aliphatic rings. The van der Waals surface area contributed by atoms with Gasteiger partial charge < -0.3 is 10.1 Å². The third-order valence-corrected chi connectivity index (χ3v) is 3.02. The molecule has 1 aliphatic heterocycles. The van der Waals surface area contributed by atoms with Crippen molar-refractivity contribution in [3.8, 4) is 5.75 Å². The van der Waals surface area contributed by atoms with Gasteiger partial charge in [-0.25, -0.2) is 0 Å². The Balaban J connectivity index is 1.89. The predicted octanol–water partition coefficient (Wildman–Crippen LogP) is 1.87. The van der Waals surface area contributed by atoms with E-state index in [1.807, 2.05) is 24.3 Å². The first kappa shape index (κ1) is 11.5. The minimum atomic E-state index is -0.447. The molecule has 19 heavy (non-hydrogen) atoms. The van der Waals surface area contributed by atoms with Crippen LogP contribution in [0.3, 0.4) is 0 Å². The van der Waals surface area contributed by atoms with Gasteiger partial charge >= 0.3 is 5.69 Å². The van der Waals surface area contributed by atoms with Crippen LogP contribution in [0.25, 0.3) is 0 Å². The molecule has 0 aliphatic carbocycles. The number of nitrogens with zero attached hydrogens (tertiary/aromatic N) is 3. The van der Waals surface area contributed by atoms with E-state index in [4.69, 9.17) is 4.74 Å². The van der Waals surface area contributed by atoms with Crippen LogP contribution in [0.4, 0.5) is 11.5 Å². The number of benzene rings is 1. The van der Waals surface area contributed by atoms with Crippen LogP contribution in [-0.4, -0.2) is 21.3 Å². The van der Waals surface area contributed by atoms with Crippen LogP contribution in [-0.2, 0) is 7.05 Å². The number of anilines is 1. The molecule has 3 rings (SSSR count). The van der Waals surface area contributed by atoms with Crippen molar-refractivity contribution in [3.05, 3.63) is 46.1 Å². The summed E-state index contributed by atoms with van der Waals surface area (Å²) in [6.45, 7) is 0.438. The molecule has 2 aromatic rings. The van der Waals surface area contributed by atoms with Crippen LogP contribution in [0.5, 0.6) is 5.75 Å². The average Bonchev–Trinajstić information content (AvgIpc) is 2.95. The van der Waals surface area contributed by atoms with E-state index in [0.717, 1.165) is 11.3 Å². The van der Waals surface area contributed by atoms with E-state index in [1.54, 1.807) is 7.05 Å². The Kier molecular flexibility index (Phi) is 2.59. The Bertz CT molecular complexity index is 638. The monoisotopic (exact) mass is 260 g/mol. The third kappa shape index (κ3) is 1.99. The van der Waals surface area contributed by atoms with Gasteiger partial charge in [-0.3, -0.25) is 14.8 Å². The number of aromatic nitrogens is 2. The van der Waals surface area contributed by atoms with Crippen LogP contribution in [0, 0.1) is 10.1 Å². The molecule has 1 atom stereocenters. The first-order valence-electron chi connectivity index (χ1n) is 5.81. The molecule has 0 radical (unpaired) electrons. The summed E-state index contributed by atoms with van der Waals surface area (Å²) in [5, 5.41) is 18.1. The van der Waals surface area contributed by atoms with Gasteiger partial charge in [0.1, 0.15) is 18.6 Å². The van der Waals surface area contributed by atoms with E-state index in [9.17, 15) is 10.1 Å². The molecule has 98 valence electrons. The summed E-state index contributed by atoms with van der Waals surface area (Å²) in [5.41, 5.74) is 0.953. The lowest BCUT2D eigenvalue weighted by Gasteiger charge is -2.09. The lowest BCUT2D eigenvalue weighted by molar-refractivity contribution is -0.384. The molecule has 1 unspecified atom stereocenters. The molecule has 1 aromatic heterocycles. The minimum Gasteiger partial charge on any atom is -0.491 e. The molecule has 0 fully saturated rings. The van der Waals surface area contributed by atoms with Crippen molar-refractivity contribution in [3.63, 3.8) is 0 Å². The molecular weight excluding hydrogens is 248 g/mol. The van der Waals surface area contributed by atoms with Crippen molar-refractivity contribution >= 4 is 11.5 Å². The summed E-state index contributed by atoms with van der Waals surface area (Å²) < 4.78 is 6.94. The summed E-state index contributed by atoms with van der Waals surface area (Å²) >= 11 is 0. The van der Waals surface area contributed by atoms with E-state index >= 15 is 0 Å². The predicted molar refractivity (Wildman–Crippen MR) is 68.2 cm³/mol. The highest BCUT2D eigenvalue weighted by Crippen LogP contribution is 2.35. The Morgan fingerprint density at radius 1 is 1.53 bits per heavy atom. The quantitative estimate of drug-likeness (QED) is 0.673. The molecule has 0 spiro atoms. The van der Waals surface area contributed by atoms with E-state index in [-0.39, 0.29) is 17.5 Å². The second kappa shape index (κ2) is 4.27. The molecule has 0 amide bonds. The lowest BCUT2D eigenvalue weighted by Crippen LogP contribution is -2.13. The first-order valence-corrected chi connectivity index (χ1v) is 5.81. The summed E-state index contributed by atoms with van der Waals surface area (Å²) in [6, 6.07) is 7.50. The van der Waals surface area contributed by atoms with Gasteiger partial charge in [0.2, 0.25) is 5.82 Å². The minimum absolute atomic E-state index is 0.0353. The normalized spacial score (nSPS) is 16.8. The van der Waals surface area contributed by atoms with Crippen molar-refractivity contribution in [2.24, 2.45) is 7.05 Å². The molecule has 0 saturated carbocycles. The number of fused-ring (bicyclic) bond motifs is 1. The number of ether oxygens (including phenoxy) is 1. The molecule has 7 nitrogen and oxygen atoms in total. The fourth-order valence-corrected chi connectivity index (χ4v) is 2.16. The zero-order valence-corrected chi connectivity index (χ0v) is 10.2. The van der Waals surface area contributed by atoms with E-state index in [2.05, 4.69) is 10.4 Å². The summed E-state index contributed by atoms with van der Waals surface area (Å²) in [5.74, 6) is 1.07. The highest BCUT2D eigenvalue weighted by Gasteiger charge is 2.27. The van der Waals surface area contributed by atoms with Gasteiger partial charge in [0.15, 0.2) is 0 Å². The number of hydrogen-bond donors (Lipinski definition) is 1. The summed E-state index contributed by atoms with van der Waals surface area (Å²) in [6.07, 6.45) is 1.38. The SMILES string of the molecule is Cn1cc([N+](=O)[O-])c(NC2COc3ccccc32)n1. The standard InChI is InChI=1S/C12H12N4O3/c1-15-6-10(16(17)18)12(14-15)13-9-7-19-11-5-3-2-4-8(9)11/h2-6,9H,7H2,1H3,(H,13,14). The van der Waals surface area contributed by atoms with Crippen molar-refractivity contribution in [1.29, 1.82) is 0 Å². The van der Waals surface area contributed by atoms with Gasteiger partial charge in [-0.1, -0.05) is 18.2 Å². The van der Waals surface area contributed by atoms with Crippen molar-refractivity contribution in [2.45, 2.75) is 6.04 Å². The van der Waals surface area contributed by atoms with Gasteiger partial charge in [-0.15, -0.1) is 5.10 Å². The van der Waals surface area contributed by atoms with Crippen LogP contribution in [0.15, 0.2) is 30.5 Å². The molecule has 1 aromatic carbocycles. The maximum absolute atomic E-state index is 10.9. The Hall–Kier alpha value is -2.57. The number of para-hydroxylation sites is 1. The largest absolute Gasteiger partial charge is 0.491 e. The number of hydrogen-bond acceptors (Lipinski definition) is 5. The fraction of sp³-hybridized carbons (Fsp3) is 0.250. The Labute approximate surface area is 109 Å². The van der Waals surface area contributed by atoms with Crippen molar-refractivity contribution in [1.82, 2.24) is 9.78 Å². The van der Waals surface area contributed by atoms with Gasteiger partial charge in [-0.2, -0.15) is 0 Å². The fourth-order valence-electron chi connectivity index (χ4n) is 2.16. The maximum Gasteiger partial charge on any atom is 0.330 e. The molecule has 0 bridgehead atoms. The zero-order chi connectivity index (χ0) is 13.4. The number of nitrogens with one attached hydrogen (secondary N) is 1. The summed E-state index contributed by atoms with van der Waals surface area (Å²) in [7, 11) is 1.65. The second-order valence-electron chi connectivity index (χ2n) is 4.34. The average molecular weight is 260 g/mol. The lowest BCUT2D eigenvalue weighted by atomic mass is 10.1. The highest BCUT2D eigenvalue weighted by atomic mass is 16.6. The third-order valence-electron chi connectivity index (χ3n) is 3.02. The smallest absolute Gasteiger partial charge is 0.330 e. The van der Waals surface area contributed by atoms with Crippen LogP contribution >= 0.6 is 0 Å². The summed E-state index contributed by atoms with van der Waals surface area (Å²) in [4.78, 5) is 10.5. The van der Waals surface area contributed by atoms with E-state index < -0.39 is 4.92 Å².